The standard InChI is InChI=1S/C23H19ClN2O4/c24-17-7-5-16(6-8-17)15-29-19-11-9-18(10-12-19)25-22(27)13-26-14-23(28)30-21-4-2-1-3-20(21)26/h1-12H,13-15H2,(H,25,27). The molecule has 152 valence electrons. The Morgan fingerprint density at radius 1 is 1.03 bits per heavy atom. The van der Waals surface area contributed by atoms with Gasteiger partial charge in [-0.2, -0.15) is 0 Å². The molecule has 0 radical (unpaired) electrons. The van der Waals surface area contributed by atoms with Crippen LogP contribution in [0.4, 0.5) is 11.4 Å². The van der Waals surface area contributed by atoms with Crippen molar-refractivity contribution in [3.63, 3.8) is 0 Å². The van der Waals surface area contributed by atoms with Crippen LogP contribution in [0.15, 0.2) is 72.8 Å². The Kier molecular flexibility index (Phi) is 5.86. The Hall–Kier alpha value is -3.51. The van der Waals surface area contributed by atoms with Gasteiger partial charge in [0, 0.05) is 10.7 Å². The van der Waals surface area contributed by atoms with Gasteiger partial charge in [0.05, 0.1) is 12.2 Å². The van der Waals surface area contributed by atoms with Crippen molar-refractivity contribution in [3.05, 3.63) is 83.4 Å². The second kappa shape index (κ2) is 8.88. The lowest BCUT2D eigenvalue weighted by Gasteiger charge is -2.29. The molecule has 1 amide bonds. The number of anilines is 2. The molecule has 0 fully saturated rings. The van der Waals surface area contributed by atoms with Crippen LogP contribution in [-0.2, 0) is 16.2 Å². The molecule has 1 heterocycles. The first-order valence-electron chi connectivity index (χ1n) is 9.39. The smallest absolute Gasteiger partial charge is 0.331 e. The average molecular weight is 423 g/mol. The van der Waals surface area contributed by atoms with Crippen molar-refractivity contribution in [3.8, 4) is 11.5 Å². The summed E-state index contributed by atoms with van der Waals surface area (Å²) >= 11 is 5.88. The van der Waals surface area contributed by atoms with Crippen LogP contribution in [0, 0.1) is 0 Å². The molecule has 0 bridgehead atoms. The predicted molar refractivity (Wildman–Crippen MR) is 115 cm³/mol. The zero-order valence-electron chi connectivity index (χ0n) is 16.0. The van der Waals surface area contributed by atoms with Gasteiger partial charge in [0.15, 0.2) is 5.75 Å². The molecule has 1 N–H and O–H groups in total. The zero-order chi connectivity index (χ0) is 20.9. The van der Waals surface area contributed by atoms with Crippen molar-refractivity contribution in [2.75, 3.05) is 23.3 Å². The normalized spacial score (nSPS) is 12.7. The van der Waals surface area contributed by atoms with Crippen LogP contribution in [0.5, 0.6) is 11.5 Å². The second-order valence-corrected chi connectivity index (χ2v) is 7.22. The molecule has 0 saturated heterocycles. The molecule has 0 spiro atoms. The summed E-state index contributed by atoms with van der Waals surface area (Å²) in [5.41, 5.74) is 2.38. The number of hydrogen-bond donors (Lipinski definition) is 1. The van der Waals surface area contributed by atoms with Crippen molar-refractivity contribution < 1.29 is 19.1 Å². The number of carbonyl (C=O) groups is 2. The Morgan fingerprint density at radius 3 is 2.53 bits per heavy atom. The fourth-order valence-corrected chi connectivity index (χ4v) is 3.22. The number of para-hydroxylation sites is 2. The van der Waals surface area contributed by atoms with Gasteiger partial charge in [0.2, 0.25) is 5.91 Å². The number of nitrogens with zero attached hydrogens (tertiary/aromatic N) is 1. The van der Waals surface area contributed by atoms with Gasteiger partial charge in [-0.05, 0) is 54.1 Å². The van der Waals surface area contributed by atoms with E-state index < -0.39 is 0 Å². The van der Waals surface area contributed by atoms with Gasteiger partial charge >= 0.3 is 5.97 Å². The molecule has 6 nitrogen and oxygen atoms in total. The number of nitrogens with one attached hydrogen (secondary N) is 1. The quantitative estimate of drug-likeness (QED) is 0.474. The number of benzene rings is 3. The highest BCUT2D eigenvalue weighted by atomic mass is 35.5. The first kappa shape index (κ1) is 19.8. The maximum absolute atomic E-state index is 12.5. The van der Waals surface area contributed by atoms with Gasteiger partial charge in [-0.1, -0.05) is 35.9 Å². The highest BCUT2D eigenvalue weighted by Gasteiger charge is 2.25. The number of hydrogen-bond acceptors (Lipinski definition) is 5. The number of ether oxygens (including phenoxy) is 2. The maximum atomic E-state index is 12.5. The van der Waals surface area contributed by atoms with Gasteiger partial charge in [-0.15, -0.1) is 0 Å². The summed E-state index contributed by atoms with van der Waals surface area (Å²) < 4.78 is 11.0. The van der Waals surface area contributed by atoms with Crippen molar-refractivity contribution in [2.45, 2.75) is 6.61 Å². The van der Waals surface area contributed by atoms with Crippen LogP contribution in [-0.4, -0.2) is 25.0 Å². The number of carbonyl (C=O) groups excluding carboxylic acids is 2. The fourth-order valence-electron chi connectivity index (χ4n) is 3.10. The minimum absolute atomic E-state index is 0.0297. The van der Waals surface area contributed by atoms with E-state index in [1.807, 2.05) is 36.4 Å². The van der Waals surface area contributed by atoms with E-state index in [1.165, 1.54) is 0 Å². The van der Waals surface area contributed by atoms with E-state index in [4.69, 9.17) is 21.1 Å². The zero-order valence-corrected chi connectivity index (χ0v) is 16.8. The van der Waals surface area contributed by atoms with Gasteiger partial charge in [-0.25, -0.2) is 4.79 Å². The molecule has 7 heteroatoms. The van der Waals surface area contributed by atoms with Crippen LogP contribution in [0.1, 0.15) is 5.56 Å². The van der Waals surface area contributed by atoms with Gasteiger partial charge < -0.3 is 19.7 Å². The first-order valence-corrected chi connectivity index (χ1v) is 9.76. The molecule has 0 aromatic heterocycles. The monoisotopic (exact) mass is 422 g/mol. The fraction of sp³-hybridized carbons (Fsp3) is 0.130. The third kappa shape index (κ3) is 4.90. The van der Waals surface area contributed by atoms with E-state index in [0.717, 1.165) is 11.3 Å². The van der Waals surface area contributed by atoms with Gasteiger partial charge in [-0.3, -0.25) is 4.79 Å². The highest BCUT2D eigenvalue weighted by molar-refractivity contribution is 6.30. The van der Waals surface area contributed by atoms with E-state index >= 15 is 0 Å². The summed E-state index contributed by atoms with van der Waals surface area (Å²) in [6.45, 7) is 0.496. The first-order chi connectivity index (χ1) is 14.6. The molecule has 1 aliphatic heterocycles. The molecule has 0 aliphatic carbocycles. The molecule has 0 atom stereocenters. The lowest BCUT2D eigenvalue weighted by Crippen LogP contribution is -2.41. The predicted octanol–water partition coefficient (Wildman–Crippen LogP) is 4.28. The summed E-state index contributed by atoms with van der Waals surface area (Å²) in [5, 5.41) is 3.52. The van der Waals surface area contributed by atoms with Crippen LogP contribution in [0.25, 0.3) is 0 Å². The summed E-state index contributed by atoms with van der Waals surface area (Å²) in [6.07, 6.45) is 0. The SMILES string of the molecule is O=C(CN1CC(=O)Oc2ccccc21)Nc1ccc(OCc2ccc(Cl)cc2)cc1. The lowest BCUT2D eigenvalue weighted by molar-refractivity contribution is -0.133. The Labute approximate surface area is 179 Å². The highest BCUT2D eigenvalue weighted by Crippen LogP contribution is 2.31. The molecule has 0 saturated carbocycles. The van der Waals surface area contributed by atoms with E-state index in [-0.39, 0.29) is 25.0 Å². The van der Waals surface area contributed by atoms with Crippen LogP contribution in [0.3, 0.4) is 0 Å². The minimum atomic E-state index is -0.385. The third-order valence-electron chi connectivity index (χ3n) is 4.54. The number of fused-ring (bicyclic) bond motifs is 1. The van der Waals surface area contributed by atoms with Gasteiger partial charge in [0.1, 0.15) is 18.9 Å². The van der Waals surface area contributed by atoms with Crippen molar-refractivity contribution >= 4 is 34.9 Å². The molecule has 30 heavy (non-hydrogen) atoms. The molecular formula is C23H19ClN2O4. The van der Waals surface area contributed by atoms with Crippen molar-refractivity contribution in [2.24, 2.45) is 0 Å². The topological polar surface area (TPSA) is 67.9 Å². The molecule has 3 aromatic rings. The van der Waals surface area contributed by atoms with Crippen LogP contribution in [0.2, 0.25) is 5.02 Å². The lowest BCUT2D eigenvalue weighted by atomic mass is 10.2. The molecule has 3 aromatic carbocycles. The third-order valence-corrected chi connectivity index (χ3v) is 4.79. The summed E-state index contributed by atoms with van der Waals surface area (Å²) in [4.78, 5) is 25.9. The van der Waals surface area contributed by atoms with E-state index in [9.17, 15) is 9.59 Å². The van der Waals surface area contributed by atoms with E-state index in [1.54, 1.807) is 41.3 Å². The average Bonchev–Trinajstić information content (AvgIpc) is 2.74. The van der Waals surface area contributed by atoms with E-state index in [0.29, 0.717) is 28.8 Å². The molecule has 4 rings (SSSR count). The Morgan fingerprint density at radius 2 is 1.77 bits per heavy atom. The number of rotatable bonds is 6. The summed E-state index contributed by atoms with van der Waals surface area (Å²) in [7, 11) is 0. The van der Waals surface area contributed by atoms with Crippen LogP contribution < -0.4 is 19.7 Å². The number of esters is 1. The maximum Gasteiger partial charge on any atom is 0.331 e. The summed E-state index contributed by atoms with van der Waals surface area (Å²) in [6, 6.07) is 21.7. The van der Waals surface area contributed by atoms with Gasteiger partial charge in [0.25, 0.3) is 0 Å². The Bertz CT molecular complexity index is 1050. The number of amides is 1. The van der Waals surface area contributed by atoms with E-state index in [2.05, 4.69) is 5.32 Å². The second-order valence-electron chi connectivity index (χ2n) is 6.79. The molecule has 0 unspecified atom stereocenters. The Balaban J connectivity index is 1.33. The summed E-state index contributed by atoms with van der Waals surface area (Å²) in [5.74, 6) is 0.539. The van der Waals surface area contributed by atoms with Crippen LogP contribution >= 0.6 is 11.6 Å². The van der Waals surface area contributed by atoms with Crippen molar-refractivity contribution in [1.82, 2.24) is 0 Å². The molecule has 1 aliphatic rings. The number of halogens is 1. The molecular weight excluding hydrogens is 404 g/mol. The minimum Gasteiger partial charge on any atom is -0.489 e. The largest absolute Gasteiger partial charge is 0.489 e. The van der Waals surface area contributed by atoms with Crippen molar-refractivity contribution in [1.29, 1.82) is 0 Å².